The minimum atomic E-state index is -1.79. The number of amides is 1. The molecule has 0 aromatic carbocycles. The fourth-order valence-corrected chi connectivity index (χ4v) is 8.75. The maximum atomic E-state index is 13.2. The number of unbranched alkanes of at least 4 members (excludes halogenated alkanes) is 21. The van der Waals surface area contributed by atoms with Crippen molar-refractivity contribution in [3.8, 4) is 0 Å². The van der Waals surface area contributed by atoms with Gasteiger partial charge in [-0.2, -0.15) is 0 Å². The Hall–Kier alpha value is -2.31. The summed E-state index contributed by atoms with van der Waals surface area (Å²) in [4.78, 5) is 13.2. The van der Waals surface area contributed by atoms with Gasteiger partial charge >= 0.3 is 0 Å². The molecule has 2 aliphatic heterocycles. The van der Waals surface area contributed by atoms with Gasteiger partial charge in [-0.25, -0.2) is 0 Å². The molecule has 2 heterocycles. The summed E-state index contributed by atoms with van der Waals surface area (Å²) in [6, 6.07) is -0.916. The summed E-state index contributed by atoms with van der Waals surface area (Å²) in [7, 11) is 0. The van der Waals surface area contributed by atoms with Gasteiger partial charge in [0.15, 0.2) is 12.6 Å². The Bertz CT molecular complexity index is 1410. The number of ether oxygens (including phenoxy) is 4. The van der Waals surface area contributed by atoms with Crippen LogP contribution in [0.2, 0.25) is 0 Å². The van der Waals surface area contributed by atoms with Crippen molar-refractivity contribution in [2.24, 2.45) is 0 Å². The molecule has 0 radical (unpaired) electrons. The number of hydrogen-bond acceptors (Lipinski definition) is 13. The lowest BCUT2D eigenvalue weighted by Crippen LogP contribution is -2.65. The molecular weight excluding hydrogens is 895 g/mol. The quantitative estimate of drug-likeness (QED) is 0.0208. The molecule has 2 rings (SSSR count). The van der Waals surface area contributed by atoms with E-state index in [1.165, 1.54) is 96.3 Å². The van der Waals surface area contributed by atoms with Crippen LogP contribution >= 0.6 is 0 Å². The third-order valence-corrected chi connectivity index (χ3v) is 13.2. The van der Waals surface area contributed by atoms with E-state index in [0.29, 0.717) is 6.42 Å². The van der Waals surface area contributed by atoms with E-state index >= 15 is 0 Å². The Morgan fingerprint density at radius 3 is 1.51 bits per heavy atom. The molecule has 0 saturated carbocycles. The van der Waals surface area contributed by atoms with Crippen molar-refractivity contribution >= 4 is 5.91 Å². The molecule has 0 spiro atoms. The molecule has 2 saturated heterocycles. The van der Waals surface area contributed by atoms with Crippen LogP contribution < -0.4 is 5.32 Å². The van der Waals surface area contributed by atoms with Crippen LogP contribution in [0, 0.1) is 0 Å². The highest BCUT2D eigenvalue weighted by Gasteiger charge is 2.51. The van der Waals surface area contributed by atoms with Crippen LogP contribution in [-0.4, -0.2) is 140 Å². The van der Waals surface area contributed by atoms with Crippen molar-refractivity contribution in [1.82, 2.24) is 5.32 Å². The zero-order chi connectivity index (χ0) is 51.0. The van der Waals surface area contributed by atoms with E-state index in [0.717, 1.165) is 70.6 Å². The highest BCUT2D eigenvalue weighted by atomic mass is 16.7. The molecule has 1 amide bonds. The van der Waals surface area contributed by atoms with Gasteiger partial charge in [0, 0.05) is 6.42 Å². The lowest BCUT2D eigenvalue weighted by atomic mass is 9.97. The first kappa shape index (κ1) is 63.8. The van der Waals surface area contributed by atoms with Crippen LogP contribution in [0.25, 0.3) is 0 Å². The predicted octanol–water partition coefficient (Wildman–Crippen LogP) is 8.22. The molecule has 0 aromatic heterocycles. The minimum Gasteiger partial charge on any atom is -0.394 e. The fraction of sp³-hybridized carbons (Fsp3) is 0.804. The standard InChI is InChI=1S/C56H99NO13/c1-3-5-7-9-11-13-15-16-17-18-19-20-21-22-23-24-25-26-27-28-30-32-34-36-38-40-48(61)57-44(45(60)39-37-35-33-31-29-14-12-10-8-6-4-2)43-67-55-53(66)51(64)54(47(42-59)69-55)70-56-52(65)50(63)49(62)46(41-58)68-56/h5,7,11,13,16-17,19-20,37,39,44-47,49-56,58-60,62-66H,3-4,6,8-10,12,14-15,18,21-36,38,40-43H2,1-2H3,(H,57,61)/b7-5-,13-11-,17-16-,20-19-,39-37+. The minimum absolute atomic E-state index is 0.246. The van der Waals surface area contributed by atoms with E-state index in [1.54, 1.807) is 6.08 Å². The molecule has 14 heteroatoms. The Morgan fingerprint density at radius 2 is 0.986 bits per heavy atom. The lowest BCUT2D eigenvalue weighted by Gasteiger charge is -2.46. The highest BCUT2D eigenvalue weighted by molar-refractivity contribution is 5.76. The van der Waals surface area contributed by atoms with Crippen LogP contribution in [0.15, 0.2) is 60.8 Å². The second kappa shape index (κ2) is 42.1. The molecule has 406 valence electrons. The second-order valence-electron chi connectivity index (χ2n) is 19.3. The van der Waals surface area contributed by atoms with Gasteiger partial charge < -0.3 is 65.1 Å². The maximum absolute atomic E-state index is 13.2. The van der Waals surface area contributed by atoms with Crippen LogP contribution in [0.5, 0.6) is 0 Å². The van der Waals surface area contributed by atoms with Gasteiger partial charge in [-0.1, -0.05) is 190 Å². The monoisotopic (exact) mass is 994 g/mol. The van der Waals surface area contributed by atoms with Crippen LogP contribution in [0.1, 0.15) is 194 Å². The highest BCUT2D eigenvalue weighted by Crippen LogP contribution is 2.30. The van der Waals surface area contributed by atoms with Crippen LogP contribution in [0.4, 0.5) is 0 Å². The van der Waals surface area contributed by atoms with Gasteiger partial charge in [-0.15, -0.1) is 0 Å². The smallest absolute Gasteiger partial charge is 0.220 e. The molecule has 0 aromatic rings. The van der Waals surface area contributed by atoms with Crippen molar-refractivity contribution in [2.45, 2.75) is 267 Å². The topological polar surface area (TPSA) is 228 Å². The third kappa shape index (κ3) is 28.2. The molecule has 70 heavy (non-hydrogen) atoms. The number of rotatable bonds is 42. The zero-order valence-electron chi connectivity index (χ0n) is 43.2. The van der Waals surface area contributed by atoms with Crippen molar-refractivity contribution < 1.29 is 64.6 Å². The Balaban J connectivity index is 1.74. The number of carbonyl (C=O) groups excluding carboxylic acids is 1. The summed E-state index contributed by atoms with van der Waals surface area (Å²) in [6.07, 6.45) is 35.5. The van der Waals surface area contributed by atoms with E-state index < -0.39 is 86.8 Å². The van der Waals surface area contributed by atoms with E-state index in [4.69, 9.17) is 18.9 Å². The first-order valence-corrected chi connectivity index (χ1v) is 27.5. The number of allylic oxidation sites excluding steroid dienone is 9. The van der Waals surface area contributed by atoms with E-state index in [2.05, 4.69) is 67.8 Å². The summed E-state index contributed by atoms with van der Waals surface area (Å²) in [5.74, 6) is -0.246. The van der Waals surface area contributed by atoms with E-state index in [9.17, 15) is 45.6 Å². The maximum Gasteiger partial charge on any atom is 0.220 e. The van der Waals surface area contributed by atoms with Crippen molar-refractivity contribution in [2.75, 3.05) is 19.8 Å². The average molecular weight is 994 g/mol. The molecular formula is C56H99NO13. The third-order valence-electron chi connectivity index (χ3n) is 13.2. The molecule has 0 bridgehead atoms. The zero-order valence-corrected chi connectivity index (χ0v) is 43.2. The normalized spacial score (nSPS) is 26.4. The first-order chi connectivity index (χ1) is 34.1. The molecule has 14 nitrogen and oxygen atoms in total. The fourth-order valence-electron chi connectivity index (χ4n) is 8.75. The number of aliphatic hydroxyl groups excluding tert-OH is 8. The van der Waals surface area contributed by atoms with Crippen molar-refractivity contribution in [3.63, 3.8) is 0 Å². The summed E-state index contributed by atoms with van der Waals surface area (Å²) in [5.41, 5.74) is 0. The van der Waals surface area contributed by atoms with Crippen LogP contribution in [0.3, 0.4) is 0 Å². The molecule has 9 N–H and O–H groups in total. The van der Waals surface area contributed by atoms with E-state index in [1.807, 2.05) is 6.08 Å². The summed E-state index contributed by atoms with van der Waals surface area (Å²) < 4.78 is 22.7. The lowest BCUT2D eigenvalue weighted by molar-refractivity contribution is -0.359. The summed E-state index contributed by atoms with van der Waals surface area (Å²) >= 11 is 0. The van der Waals surface area contributed by atoms with E-state index in [-0.39, 0.29) is 18.9 Å². The largest absolute Gasteiger partial charge is 0.394 e. The number of nitrogens with one attached hydrogen (secondary N) is 1. The summed E-state index contributed by atoms with van der Waals surface area (Å²) in [5, 5.41) is 86.8. The molecule has 12 unspecified atom stereocenters. The Labute approximate surface area is 422 Å². The Morgan fingerprint density at radius 1 is 0.529 bits per heavy atom. The molecule has 2 fully saturated rings. The average Bonchev–Trinajstić information content (AvgIpc) is 3.36. The van der Waals surface area contributed by atoms with Crippen LogP contribution in [-0.2, 0) is 23.7 Å². The number of hydrogen-bond donors (Lipinski definition) is 9. The Kier molecular flexibility index (Phi) is 38.4. The first-order valence-electron chi connectivity index (χ1n) is 27.5. The van der Waals surface area contributed by atoms with Gasteiger partial charge in [-0.05, 0) is 57.8 Å². The molecule has 2 aliphatic rings. The number of aliphatic hydroxyl groups is 8. The summed E-state index contributed by atoms with van der Waals surface area (Å²) in [6.45, 7) is 2.65. The SMILES string of the molecule is CC/C=C\C/C=C\C/C=C\C/C=C\CCCCCCCCCCCCCCC(=O)NC(COC1OC(CO)C(OC2OC(CO)C(O)C(O)C2O)C(O)C1O)C(O)/C=C/CCCCCCCCCCC. The van der Waals surface area contributed by atoms with Crippen molar-refractivity contribution in [3.05, 3.63) is 60.8 Å². The van der Waals surface area contributed by atoms with Gasteiger partial charge in [-0.3, -0.25) is 4.79 Å². The number of carbonyl (C=O) groups is 1. The second-order valence-corrected chi connectivity index (χ2v) is 19.3. The van der Waals surface area contributed by atoms with Gasteiger partial charge in [0.25, 0.3) is 0 Å². The van der Waals surface area contributed by atoms with Crippen molar-refractivity contribution in [1.29, 1.82) is 0 Å². The van der Waals surface area contributed by atoms with Gasteiger partial charge in [0.2, 0.25) is 5.91 Å². The van der Waals surface area contributed by atoms with Gasteiger partial charge in [0.05, 0.1) is 32.0 Å². The molecule has 12 atom stereocenters. The van der Waals surface area contributed by atoms with Gasteiger partial charge in [0.1, 0.15) is 48.8 Å². The predicted molar refractivity (Wildman–Crippen MR) is 277 cm³/mol. The molecule has 0 aliphatic carbocycles.